The Hall–Kier alpha value is -1.22. The molecule has 1 aromatic carbocycles. The minimum absolute atomic E-state index is 0.265. The Bertz CT molecular complexity index is 591. The molecule has 0 spiro atoms. The molecule has 1 aromatic rings. The van der Waals surface area contributed by atoms with Gasteiger partial charge in [-0.25, -0.2) is 0 Å². The zero-order valence-electron chi connectivity index (χ0n) is 15.1. The van der Waals surface area contributed by atoms with Crippen LogP contribution in [0.5, 0.6) is 5.75 Å². The van der Waals surface area contributed by atoms with E-state index in [0.29, 0.717) is 12.3 Å². The maximum Gasteiger partial charge on any atom is 0.229 e. The summed E-state index contributed by atoms with van der Waals surface area (Å²) in [6.07, 6.45) is -4.49. The highest BCUT2D eigenvalue weighted by atomic mass is 16.8. The van der Waals surface area contributed by atoms with Gasteiger partial charge in [-0.2, -0.15) is 0 Å². The summed E-state index contributed by atoms with van der Waals surface area (Å²) in [5.74, 6) is -0.207. The Balaban J connectivity index is 1.74. The van der Waals surface area contributed by atoms with Gasteiger partial charge in [-0.15, -0.1) is 0 Å². The highest BCUT2D eigenvalue weighted by Crippen LogP contribution is 2.33. The van der Waals surface area contributed by atoms with E-state index in [9.17, 15) is 10.2 Å². The maximum atomic E-state index is 10.5. The van der Waals surface area contributed by atoms with Gasteiger partial charge in [0.15, 0.2) is 5.79 Å². The molecule has 2 saturated heterocycles. The van der Waals surface area contributed by atoms with Gasteiger partial charge in [0.1, 0.15) is 30.2 Å². The van der Waals surface area contributed by atoms with Crippen LogP contribution < -0.4 is 4.74 Å². The molecule has 2 N–H and O–H groups in total. The molecule has 0 aliphatic carbocycles. The second-order valence-electron chi connectivity index (χ2n) is 7.28. The molecule has 2 aliphatic heterocycles. The minimum atomic E-state index is -1.22. The van der Waals surface area contributed by atoms with Crippen LogP contribution in [-0.2, 0) is 20.8 Å². The molecule has 0 saturated carbocycles. The fraction of sp³-hybridized carbons (Fsp3) is 0.667. The van der Waals surface area contributed by atoms with Crippen LogP contribution in [-0.4, -0.2) is 72.3 Å². The first-order chi connectivity index (χ1) is 11.8. The molecular formula is C18H27NO6. The van der Waals surface area contributed by atoms with E-state index in [1.165, 1.54) is 0 Å². The molecule has 3 rings (SSSR count). The predicted molar refractivity (Wildman–Crippen MR) is 90.0 cm³/mol. The average Bonchev–Trinajstić information content (AvgIpc) is 2.54. The molecule has 5 atom stereocenters. The van der Waals surface area contributed by atoms with Crippen LogP contribution in [0.25, 0.3) is 0 Å². The van der Waals surface area contributed by atoms with Gasteiger partial charge < -0.3 is 34.1 Å². The molecule has 0 radical (unpaired) electrons. The summed E-state index contributed by atoms with van der Waals surface area (Å²) in [6.45, 7) is 4.49. The number of aliphatic hydroxyl groups is 2. The fourth-order valence-electron chi connectivity index (χ4n) is 3.14. The second-order valence-corrected chi connectivity index (χ2v) is 7.28. The predicted octanol–water partition coefficient (Wildman–Crippen LogP) is 0.725. The Morgan fingerprint density at radius 1 is 1.20 bits per heavy atom. The first-order valence-corrected chi connectivity index (χ1v) is 8.49. The third-order valence-corrected chi connectivity index (χ3v) is 4.36. The van der Waals surface area contributed by atoms with Gasteiger partial charge in [-0.05, 0) is 34.0 Å². The molecule has 2 aliphatic rings. The van der Waals surface area contributed by atoms with Gasteiger partial charge in [0.2, 0.25) is 6.29 Å². The normalized spacial score (nSPS) is 34.6. The molecule has 0 unspecified atom stereocenters. The number of ether oxygens (including phenoxy) is 4. The van der Waals surface area contributed by atoms with Gasteiger partial charge in [0.25, 0.3) is 0 Å². The quantitative estimate of drug-likeness (QED) is 0.826. The van der Waals surface area contributed by atoms with Crippen LogP contribution in [0.4, 0.5) is 0 Å². The van der Waals surface area contributed by atoms with E-state index in [1.807, 2.05) is 43.3 Å². The van der Waals surface area contributed by atoms with E-state index in [-0.39, 0.29) is 6.61 Å². The van der Waals surface area contributed by atoms with E-state index in [0.717, 1.165) is 5.56 Å². The minimum Gasteiger partial charge on any atom is -0.462 e. The average molecular weight is 353 g/mol. The maximum absolute atomic E-state index is 10.5. The van der Waals surface area contributed by atoms with E-state index >= 15 is 0 Å². The van der Waals surface area contributed by atoms with Crippen LogP contribution in [0, 0.1) is 0 Å². The van der Waals surface area contributed by atoms with Crippen LogP contribution in [0.1, 0.15) is 19.4 Å². The summed E-state index contributed by atoms with van der Waals surface area (Å²) in [5, 5.41) is 20.9. The molecule has 2 heterocycles. The van der Waals surface area contributed by atoms with Crippen molar-refractivity contribution < 1.29 is 29.2 Å². The molecular weight excluding hydrogens is 326 g/mol. The highest BCUT2D eigenvalue weighted by molar-refractivity contribution is 5.33. The zero-order valence-corrected chi connectivity index (χ0v) is 15.1. The van der Waals surface area contributed by atoms with Crippen LogP contribution >= 0.6 is 0 Å². The fourth-order valence-corrected chi connectivity index (χ4v) is 3.14. The number of aliphatic hydroxyl groups excluding tert-OH is 2. The summed E-state index contributed by atoms with van der Waals surface area (Å²) < 4.78 is 23.0. The number of hydrogen-bond acceptors (Lipinski definition) is 7. The zero-order chi connectivity index (χ0) is 18.2. The van der Waals surface area contributed by atoms with E-state index in [1.54, 1.807) is 13.8 Å². The number of fused-ring (bicyclic) bond motifs is 1. The van der Waals surface area contributed by atoms with Crippen molar-refractivity contribution in [1.29, 1.82) is 0 Å². The lowest BCUT2D eigenvalue weighted by Gasteiger charge is -2.48. The largest absolute Gasteiger partial charge is 0.462 e. The van der Waals surface area contributed by atoms with Crippen molar-refractivity contribution in [2.75, 3.05) is 20.7 Å². The summed E-state index contributed by atoms with van der Waals surface area (Å²) in [5.41, 5.74) is 0.970. The van der Waals surface area contributed by atoms with Crippen molar-refractivity contribution in [2.24, 2.45) is 0 Å². The summed E-state index contributed by atoms with van der Waals surface area (Å²) in [4.78, 5) is 2.02. The lowest BCUT2D eigenvalue weighted by molar-refractivity contribution is -0.373. The molecule has 0 amide bonds. The van der Waals surface area contributed by atoms with Gasteiger partial charge in [0.05, 0.1) is 6.61 Å². The number of nitrogens with zero attached hydrogens (tertiary/aromatic N) is 1. The standard InChI is InChI=1S/C18H27NO6/c1-18(2)22-10-13-16(25-18)14(20)15(21)17(24-13)23-12-8-6-5-7-11(12)9-19(3)4/h5-8,13-17,20-21H,9-10H2,1-4H3/t13-,14-,15-,16-,17-/m1/s1. The second kappa shape index (κ2) is 7.19. The number of para-hydroxylation sites is 1. The molecule has 7 heteroatoms. The third-order valence-electron chi connectivity index (χ3n) is 4.36. The molecule has 7 nitrogen and oxygen atoms in total. The molecule has 25 heavy (non-hydrogen) atoms. The lowest BCUT2D eigenvalue weighted by Crippen LogP contribution is -2.65. The van der Waals surface area contributed by atoms with Crippen molar-refractivity contribution in [3.8, 4) is 5.75 Å². The van der Waals surface area contributed by atoms with Gasteiger partial charge in [-0.1, -0.05) is 18.2 Å². The summed E-state index contributed by atoms with van der Waals surface area (Å²) >= 11 is 0. The Morgan fingerprint density at radius 2 is 1.92 bits per heavy atom. The Morgan fingerprint density at radius 3 is 2.64 bits per heavy atom. The summed E-state index contributed by atoms with van der Waals surface area (Å²) in [6, 6.07) is 7.57. The molecule has 0 bridgehead atoms. The Kier molecular flexibility index (Phi) is 5.34. The number of benzene rings is 1. The van der Waals surface area contributed by atoms with Gasteiger partial charge >= 0.3 is 0 Å². The van der Waals surface area contributed by atoms with Crippen molar-refractivity contribution in [3.63, 3.8) is 0 Å². The van der Waals surface area contributed by atoms with Crippen molar-refractivity contribution in [2.45, 2.75) is 56.9 Å². The van der Waals surface area contributed by atoms with Crippen LogP contribution in [0.15, 0.2) is 24.3 Å². The van der Waals surface area contributed by atoms with Crippen LogP contribution in [0.3, 0.4) is 0 Å². The molecule has 0 aromatic heterocycles. The Labute approximate surface area is 148 Å². The molecule has 140 valence electrons. The SMILES string of the molecule is CN(C)Cc1ccccc1O[C@@H]1O[C@@H]2COC(C)(C)O[C@H]2[C@H](O)[C@H]1O. The van der Waals surface area contributed by atoms with Gasteiger partial charge in [0, 0.05) is 12.1 Å². The van der Waals surface area contributed by atoms with Crippen molar-refractivity contribution >= 4 is 0 Å². The van der Waals surface area contributed by atoms with E-state index in [2.05, 4.69) is 0 Å². The van der Waals surface area contributed by atoms with E-state index in [4.69, 9.17) is 18.9 Å². The lowest BCUT2D eigenvalue weighted by atomic mass is 9.97. The van der Waals surface area contributed by atoms with Gasteiger partial charge in [-0.3, -0.25) is 0 Å². The summed E-state index contributed by atoms with van der Waals surface area (Å²) in [7, 11) is 3.94. The monoisotopic (exact) mass is 353 g/mol. The third kappa shape index (κ3) is 4.13. The van der Waals surface area contributed by atoms with Crippen molar-refractivity contribution in [1.82, 2.24) is 4.90 Å². The number of hydrogen-bond donors (Lipinski definition) is 2. The topological polar surface area (TPSA) is 80.6 Å². The van der Waals surface area contributed by atoms with Crippen LogP contribution in [0.2, 0.25) is 0 Å². The van der Waals surface area contributed by atoms with E-state index < -0.39 is 36.5 Å². The van der Waals surface area contributed by atoms with Crippen molar-refractivity contribution in [3.05, 3.63) is 29.8 Å². The first-order valence-electron chi connectivity index (χ1n) is 8.49. The number of rotatable bonds is 4. The smallest absolute Gasteiger partial charge is 0.229 e. The first kappa shape index (κ1) is 18.6. The highest BCUT2D eigenvalue weighted by Gasteiger charge is 2.51. The molecule has 2 fully saturated rings.